The second-order valence-electron chi connectivity index (χ2n) is 9.47. The van der Waals surface area contributed by atoms with E-state index in [-0.39, 0.29) is 6.09 Å². The van der Waals surface area contributed by atoms with Gasteiger partial charge in [-0.15, -0.1) is 0 Å². The molecule has 1 aliphatic rings. The largest absolute Gasteiger partial charge is 0.444 e. The predicted octanol–water partition coefficient (Wildman–Crippen LogP) is 5.55. The van der Waals surface area contributed by atoms with Gasteiger partial charge in [0.2, 0.25) is 0 Å². The van der Waals surface area contributed by atoms with Crippen LogP contribution in [-0.4, -0.2) is 41.3 Å². The van der Waals surface area contributed by atoms with Crippen LogP contribution in [0.3, 0.4) is 0 Å². The van der Waals surface area contributed by atoms with Crippen molar-refractivity contribution >= 4 is 11.9 Å². The summed E-state index contributed by atoms with van der Waals surface area (Å²) in [6.45, 7) is 8.02. The van der Waals surface area contributed by atoms with E-state index in [9.17, 15) is 4.79 Å². The van der Waals surface area contributed by atoms with Gasteiger partial charge in [0.25, 0.3) is 0 Å². The number of benzene rings is 2. The highest BCUT2D eigenvalue weighted by Gasteiger charge is 2.23. The molecule has 6 heteroatoms. The fourth-order valence-electron chi connectivity index (χ4n) is 4.04. The normalized spacial score (nSPS) is 14.7. The van der Waals surface area contributed by atoms with Crippen LogP contribution in [0.5, 0.6) is 0 Å². The van der Waals surface area contributed by atoms with E-state index in [1.54, 1.807) is 0 Å². The lowest BCUT2D eigenvalue weighted by Crippen LogP contribution is -2.40. The van der Waals surface area contributed by atoms with Gasteiger partial charge in [-0.05, 0) is 39.5 Å². The van der Waals surface area contributed by atoms with Gasteiger partial charge in [-0.1, -0.05) is 60.7 Å². The Labute approximate surface area is 196 Å². The average Bonchev–Trinajstić information content (AvgIpc) is 2.83. The molecular formula is C27H32N4O2. The first kappa shape index (κ1) is 22.8. The lowest BCUT2D eigenvalue weighted by atomic mass is 9.97. The Morgan fingerprint density at radius 2 is 1.55 bits per heavy atom. The Bertz CT molecular complexity index is 1060. The summed E-state index contributed by atoms with van der Waals surface area (Å²) in [5.74, 6) is 1.32. The average molecular weight is 445 g/mol. The quantitative estimate of drug-likeness (QED) is 0.559. The van der Waals surface area contributed by atoms with Crippen LogP contribution >= 0.6 is 0 Å². The number of carbonyl (C=O) groups excluding carboxylic acids is 1. The first-order chi connectivity index (χ1) is 15.9. The zero-order valence-electron chi connectivity index (χ0n) is 19.6. The summed E-state index contributed by atoms with van der Waals surface area (Å²) < 4.78 is 5.34. The number of anilines is 1. The minimum absolute atomic E-state index is 0.347. The van der Waals surface area contributed by atoms with Crippen LogP contribution < -0.4 is 10.2 Å². The number of aromatic nitrogens is 2. The van der Waals surface area contributed by atoms with E-state index in [0.29, 0.717) is 12.5 Å². The van der Waals surface area contributed by atoms with Gasteiger partial charge in [0, 0.05) is 30.8 Å². The van der Waals surface area contributed by atoms with Crippen molar-refractivity contribution in [1.29, 1.82) is 0 Å². The van der Waals surface area contributed by atoms with Crippen LogP contribution in [0.4, 0.5) is 10.6 Å². The van der Waals surface area contributed by atoms with Crippen molar-refractivity contribution in [2.75, 3.05) is 24.5 Å². The van der Waals surface area contributed by atoms with Crippen molar-refractivity contribution in [3.63, 3.8) is 0 Å². The van der Waals surface area contributed by atoms with Crippen molar-refractivity contribution in [3.8, 4) is 22.5 Å². The number of amides is 1. The first-order valence-corrected chi connectivity index (χ1v) is 11.6. The molecule has 1 aliphatic heterocycles. The van der Waals surface area contributed by atoms with Gasteiger partial charge >= 0.3 is 6.09 Å². The Kier molecular flexibility index (Phi) is 6.92. The molecule has 0 aliphatic carbocycles. The fourth-order valence-corrected chi connectivity index (χ4v) is 4.04. The molecule has 0 bridgehead atoms. The molecular weight excluding hydrogens is 412 g/mol. The van der Waals surface area contributed by atoms with E-state index < -0.39 is 5.60 Å². The highest BCUT2D eigenvalue weighted by molar-refractivity contribution is 5.78. The number of hydrogen-bond donors (Lipinski definition) is 1. The lowest BCUT2D eigenvalue weighted by molar-refractivity contribution is 0.0517. The van der Waals surface area contributed by atoms with E-state index in [2.05, 4.69) is 34.5 Å². The summed E-state index contributed by atoms with van der Waals surface area (Å²) in [5, 5.41) is 2.91. The molecule has 33 heavy (non-hydrogen) atoms. The van der Waals surface area contributed by atoms with Gasteiger partial charge in [-0.2, -0.15) is 0 Å². The number of nitrogens with one attached hydrogen (secondary N) is 1. The van der Waals surface area contributed by atoms with E-state index in [0.717, 1.165) is 54.3 Å². The van der Waals surface area contributed by atoms with E-state index in [1.807, 2.05) is 63.4 Å². The highest BCUT2D eigenvalue weighted by Crippen LogP contribution is 2.31. The molecule has 0 radical (unpaired) electrons. The summed E-state index contributed by atoms with van der Waals surface area (Å²) in [4.78, 5) is 24.1. The second kappa shape index (κ2) is 10.0. The Morgan fingerprint density at radius 3 is 2.12 bits per heavy atom. The monoisotopic (exact) mass is 444 g/mol. The molecule has 6 nitrogen and oxygen atoms in total. The number of ether oxygens (including phenoxy) is 1. The molecule has 0 atom stereocenters. The molecule has 0 saturated carbocycles. The molecule has 0 spiro atoms. The van der Waals surface area contributed by atoms with Crippen LogP contribution in [-0.2, 0) is 4.74 Å². The summed E-state index contributed by atoms with van der Waals surface area (Å²) in [6, 6.07) is 20.4. The minimum atomic E-state index is -0.478. The van der Waals surface area contributed by atoms with Crippen LogP contribution in [0.2, 0.25) is 0 Å². The maximum Gasteiger partial charge on any atom is 0.407 e. The van der Waals surface area contributed by atoms with Crippen LogP contribution in [0.1, 0.15) is 33.6 Å². The van der Waals surface area contributed by atoms with Gasteiger partial charge in [-0.25, -0.2) is 9.78 Å². The smallest absolute Gasteiger partial charge is 0.407 e. The number of piperidine rings is 1. The molecule has 172 valence electrons. The fraction of sp³-hybridized carbons (Fsp3) is 0.370. The first-order valence-electron chi connectivity index (χ1n) is 11.6. The molecule has 2 aromatic carbocycles. The molecule has 2 heterocycles. The van der Waals surface area contributed by atoms with E-state index >= 15 is 0 Å². The Balaban J connectivity index is 1.45. The van der Waals surface area contributed by atoms with Gasteiger partial charge in [-0.3, -0.25) is 4.98 Å². The summed E-state index contributed by atoms with van der Waals surface area (Å²) in [6.07, 6.45) is 3.50. The third kappa shape index (κ3) is 6.09. The van der Waals surface area contributed by atoms with Crippen molar-refractivity contribution in [2.45, 2.75) is 39.2 Å². The van der Waals surface area contributed by atoms with Crippen molar-refractivity contribution in [2.24, 2.45) is 5.92 Å². The standard InChI is InChI=1S/C27H32N4O2/c1-27(2,3)33-26(32)29-18-20-14-16-31(17-15-20)23-19-28-24(21-10-6-4-7-11-21)25(30-23)22-12-8-5-9-13-22/h4-13,19-20H,14-18H2,1-3H3,(H,29,32). The topological polar surface area (TPSA) is 67.3 Å². The van der Waals surface area contributed by atoms with E-state index in [1.165, 1.54) is 0 Å². The molecule has 1 fully saturated rings. The Hall–Kier alpha value is -3.41. The number of carbonyl (C=O) groups is 1. The lowest BCUT2D eigenvalue weighted by Gasteiger charge is -2.33. The summed E-state index contributed by atoms with van der Waals surface area (Å²) in [5.41, 5.74) is 3.42. The molecule has 1 aromatic heterocycles. The van der Waals surface area contributed by atoms with Crippen LogP contribution in [0.15, 0.2) is 66.9 Å². The zero-order chi connectivity index (χ0) is 23.3. The van der Waals surface area contributed by atoms with Gasteiger partial charge in [0.05, 0.1) is 17.6 Å². The molecule has 1 amide bonds. The highest BCUT2D eigenvalue weighted by atomic mass is 16.6. The van der Waals surface area contributed by atoms with Gasteiger partial charge < -0.3 is 15.0 Å². The molecule has 4 rings (SSSR count). The van der Waals surface area contributed by atoms with Crippen molar-refractivity contribution in [3.05, 3.63) is 66.9 Å². The van der Waals surface area contributed by atoms with Crippen molar-refractivity contribution in [1.82, 2.24) is 15.3 Å². The van der Waals surface area contributed by atoms with Gasteiger partial charge in [0.1, 0.15) is 11.4 Å². The number of alkyl carbamates (subject to hydrolysis) is 1. The SMILES string of the molecule is CC(C)(C)OC(=O)NCC1CCN(c2cnc(-c3ccccc3)c(-c3ccccc3)n2)CC1. The molecule has 1 N–H and O–H groups in total. The second-order valence-corrected chi connectivity index (χ2v) is 9.47. The summed E-state index contributed by atoms with van der Waals surface area (Å²) >= 11 is 0. The third-order valence-corrected chi connectivity index (χ3v) is 5.73. The number of rotatable bonds is 5. The van der Waals surface area contributed by atoms with Crippen LogP contribution in [0.25, 0.3) is 22.5 Å². The Morgan fingerprint density at radius 1 is 0.970 bits per heavy atom. The number of hydrogen-bond acceptors (Lipinski definition) is 5. The van der Waals surface area contributed by atoms with Gasteiger partial charge in [0.15, 0.2) is 0 Å². The molecule has 1 saturated heterocycles. The predicted molar refractivity (Wildman–Crippen MR) is 132 cm³/mol. The maximum atomic E-state index is 11.9. The van der Waals surface area contributed by atoms with Crippen molar-refractivity contribution < 1.29 is 9.53 Å². The minimum Gasteiger partial charge on any atom is -0.444 e. The zero-order valence-corrected chi connectivity index (χ0v) is 19.6. The van der Waals surface area contributed by atoms with E-state index in [4.69, 9.17) is 14.7 Å². The summed E-state index contributed by atoms with van der Waals surface area (Å²) in [7, 11) is 0. The third-order valence-electron chi connectivity index (χ3n) is 5.73. The molecule has 0 unspecified atom stereocenters. The maximum absolute atomic E-state index is 11.9. The molecule has 3 aromatic rings. The van der Waals surface area contributed by atoms with Crippen LogP contribution in [0, 0.1) is 5.92 Å². The number of nitrogens with zero attached hydrogens (tertiary/aromatic N) is 3.